The third kappa shape index (κ3) is 8.19. The van der Waals surface area contributed by atoms with Crippen molar-refractivity contribution in [2.24, 2.45) is 5.10 Å². The summed E-state index contributed by atoms with van der Waals surface area (Å²) in [5, 5.41) is 9.01. The molecule has 0 atom stereocenters. The molecule has 0 aliphatic carbocycles. The van der Waals surface area contributed by atoms with E-state index >= 15 is 0 Å². The summed E-state index contributed by atoms with van der Waals surface area (Å²) < 4.78 is 7.05. The Morgan fingerprint density at radius 3 is 2.20 bits per heavy atom. The highest BCUT2D eigenvalue weighted by Gasteiger charge is 2.18. The number of esters is 1. The lowest BCUT2D eigenvalue weighted by molar-refractivity contribution is -0.136. The van der Waals surface area contributed by atoms with E-state index in [1.807, 2.05) is 6.92 Å². The Kier molecular flexibility index (Phi) is 9.77. The van der Waals surface area contributed by atoms with Gasteiger partial charge in [0.1, 0.15) is 5.75 Å². The molecule has 0 bridgehead atoms. The van der Waals surface area contributed by atoms with Gasteiger partial charge in [-0.2, -0.15) is 5.10 Å². The van der Waals surface area contributed by atoms with Crippen molar-refractivity contribution >= 4 is 73.1 Å². The Labute approximate surface area is 252 Å². The number of nitrogens with one attached hydrogen (secondary N) is 3. The number of carbonyl (C=O) groups is 4. The van der Waals surface area contributed by atoms with Crippen LogP contribution in [0.25, 0.3) is 0 Å². The second-order valence-corrected chi connectivity index (χ2v) is 10.4. The molecule has 41 heavy (non-hydrogen) atoms. The largest absolute Gasteiger partial charge is 0.422 e. The van der Waals surface area contributed by atoms with Gasteiger partial charge in [0.25, 0.3) is 5.91 Å². The minimum Gasteiger partial charge on any atom is -0.422 e. The Bertz CT molecular complexity index is 1640. The number of amides is 3. The zero-order chi connectivity index (χ0) is 29.4. The van der Waals surface area contributed by atoms with Gasteiger partial charge >= 0.3 is 17.8 Å². The number of carbonyl (C=O) groups excluding carboxylic acids is 4. The summed E-state index contributed by atoms with van der Waals surface area (Å²) in [6, 6.07) is 25.1. The summed E-state index contributed by atoms with van der Waals surface area (Å²) in [7, 11) is 0. The first-order valence-corrected chi connectivity index (χ1v) is 13.7. The lowest BCUT2D eigenvalue weighted by atomic mass is 10.1. The van der Waals surface area contributed by atoms with Gasteiger partial charge in [-0.1, -0.05) is 61.7 Å². The molecule has 4 aromatic rings. The number of benzene rings is 4. The fraction of sp³-hybridized carbons (Fsp3) is 0.0333. The number of hydrogen-bond acceptors (Lipinski definition) is 6. The van der Waals surface area contributed by atoms with Crippen LogP contribution in [0, 0.1) is 6.92 Å². The van der Waals surface area contributed by atoms with Gasteiger partial charge in [0, 0.05) is 20.2 Å². The van der Waals surface area contributed by atoms with E-state index in [9.17, 15) is 19.2 Å². The number of para-hydroxylation sites is 1. The number of ether oxygens (including phenoxy) is 1. The minimum atomic E-state index is -1.07. The van der Waals surface area contributed by atoms with Crippen molar-refractivity contribution < 1.29 is 23.9 Å². The highest BCUT2D eigenvalue weighted by Crippen LogP contribution is 2.23. The molecule has 0 aliphatic heterocycles. The molecule has 4 aromatic carbocycles. The number of nitrogens with zero attached hydrogens (tertiary/aromatic N) is 1. The molecule has 11 heteroatoms. The molecule has 0 aliphatic rings. The summed E-state index contributed by atoms with van der Waals surface area (Å²) in [5.74, 6) is -2.94. The molecule has 9 nitrogen and oxygen atoms in total. The van der Waals surface area contributed by atoms with Crippen LogP contribution in [-0.4, -0.2) is 29.9 Å². The van der Waals surface area contributed by atoms with Crippen molar-refractivity contribution in [3.8, 4) is 5.75 Å². The molecule has 0 spiro atoms. The molecule has 0 saturated carbocycles. The normalized spacial score (nSPS) is 10.6. The van der Waals surface area contributed by atoms with Crippen molar-refractivity contribution in [3.05, 3.63) is 122 Å². The van der Waals surface area contributed by atoms with E-state index in [-0.39, 0.29) is 17.0 Å². The molecular formula is C30H22Br2N4O5. The van der Waals surface area contributed by atoms with Crippen LogP contribution in [0.4, 0.5) is 11.4 Å². The third-order valence-electron chi connectivity index (χ3n) is 5.56. The Morgan fingerprint density at radius 1 is 0.780 bits per heavy atom. The molecule has 206 valence electrons. The Hall–Kier alpha value is -4.61. The highest BCUT2D eigenvalue weighted by atomic mass is 79.9. The number of rotatable bonds is 7. The second kappa shape index (κ2) is 13.6. The average Bonchev–Trinajstić information content (AvgIpc) is 2.96. The fourth-order valence-corrected chi connectivity index (χ4v) is 4.12. The van der Waals surface area contributed by atoms with E-state index in [1.165, 1.54) is 18.3 Å². The van der Waals surface area contributed by atoms with Crippen LogP contribution in [0.5, 0.6) is 5.75 Å². The second-order valence-electron chi connectivity index (χ2n) is 8.60. The van der Waals surface area contributed by atoms with E-state index in [2.05, 4.69) is 53.0 Å². The first-order valence-electron chi connectivity index (χ1n) is 12.1. The molecule has 3 N–H and O–H groups in total. The average molecular weight is 678 g/mol. The molecular weight excluding hydrogens is 656 g/mol. The van der Waals surface area contributed by atoms with Crippen LogP contribution < -0.4 is 20.8 Å². The minimum absolute atomic E-state index is 0.142. The standard InChI is InChI=1S/C30H22Br2N4O5/c1-18-6-8-19(9-7-18)30(40)41-26-15-12-22(32)16-20(26)17-33-36-29(39)28(38)35-25-5-3-2-4-24(25)27(37)34-23-13-10-21(31)11-14-23/h2-17H,1H3,(H,34,37)(H,35,38)(H,36,39). The van der Waals surface area contributed by atoms with Gasteiger partial charge < -0.3 is 15.4 Å². The first-order chi connectivity index (χ1) is 19.7. The number of anilines is 2. The van der Waals surface area contributed by atoms with Gasteiger partial charge in [-0.25, -0.2) is 10.2 Å². The quantitative estimate of drug-likeness (QED) is 0.0719. The maximum atomic E-state index is 12.8. The first kappa shape index (κ1) is 29.4. The monoisotopic (exact) mass is 676 g/mol. The van der Waals surface area contributed by atoms with Crippen LogP contribution in [0.2, 0.25) is 0 Å². The number of hydrazone groups is 1. The SMILES string of the molecule is Cc1ccc(C(=O)Oc2ccc(Br)cc2C=NNC(=O)C(=O)Nc2ccccc2C(=O)Nc2ccc(Br)cc2)cc1. The summed E-state index contributed by atoms with van der Waals surface area (Å²) in [5.41, 5.74) is 4.75. The molecule has 0 unspecified atom stereocenters. The van der Waals surface area contributed by atoms with Gasteiger partial charge in [-0.05, 0) is 73.7 Å². The number of halogens is 2. The highest BCUT2D eigenvalue weighted by molar-refractivity contribution is 9.10. The van der Waals surface area contributed by atoms with Crippen LogP contribution in [0.1, 0.15) is 31.8 Å². The molecule has 0 fully saturated rings. The van der Waals surface area contributed by atoms with Crippen molar-refractivity contribution in [1.82, 2.24) is 5.43 Å². The number of hydrogen-bond donors (Lipinski definition) is 3. The molecule has 0 saturated heterocycles. The zero-order valence-corrected chi connectivity index (χ0v) is 24.7. The molecule has 0 heterocycles. The summed E-state index contributed by atoms with van der Waals surface area (Å²) in [4.78, 5) is 50.4. The van der Waals surface area contributed by atoms with Crippen LogP contribution in [0.3, 0.4) is 0 Å². The lowest BCUT2D eigenvalue weighted by Gasteiger charge is -2.11. The Balaban J connectivity index is 1.40. The van der Waals surface area contributed by atoms with Gasteiger partial charge in [-0.3, -0.25) is 14.4 Å². The number of aryl methyl sites for hydroxylation is 1. The van der Waals surface area contributed by atoms with E-state index in [1.54, 1.807) is 78.9 Å². The predicted octanol–water partition coefficient (Wildman–Crippen LogP) is 6.08. The maximum Gasteiger partial charge on any atom is 0.343 e. The third-order valence-corrected chi connectivity index (χ3v) is 6.58. The predicted molar refractivity (Wildman–Crippen MR) is 163 cm³/mol. The maximum absolute atomic E-state index is 12.8. The van der Waals surface area contributed by atoms with Crippen LogP contribution >= 0.6 is 31.9 Å². The van der Waals surface area contributed by atoms with Gasteiger partial charge in [0.2, 0.25) is 0 Å². The lowest BCUT2D eigenvalue weighted by Crippen LogP contribution is -2.33. The van der Waals surface area contributed by atoms with Gasteiger partial charge in [-0.15, -0.1) is 0 Å². The molecule has 4 rings (SSSR count). The summed E-state index contributed by atoms with van der Waals surface area (Å²) >= 11 is 6.69. The molecule has 0 aromatic heterocycles. The van der Waals surface area contributed by atoms with Gasteiger partial charge in [0.05, 0.1) is 23.0 Å². The van der Waals surface area contributed by atoms with Crippen LogP contribution in [-0.2, 0) is 9.59 Å². The Morgan fingerprint density at radius 2 is 1.46 bits per heavy atom. The van der Waals surface area contributed by atoms with E-state index in [0.717, 1.165) is 10.0 Å². The van der Waals surface area contributed by atoms with Crippen molar-refractivity contribution in [2.75, 3.05) is 10.6 Å². The topological polar surface area (TPSA) is 126 Å². The fourth-order valence-electron chi connectivity index (χ4n) is 3.47. The zero-order valence-electron chi connectivity index (χ0n) is 21.5. The van der Waals surface area contributed by atoms with E-state index in [4.69, 9.17) is 4.74 Å². The van der Waals surface area contributed by atoms with Crippen molar-refractivity contribution in [1.29, 1.82) is 0 Å². The summed E-state index contributed by atoms with van der Waals surface area (Å²) in [6.45, 7) is 1.91. The molecule has 0 radical (unpaired) electrons. The summed E-state index contributed by atoms with van der Waals surface area (Å²) in [6.07, 6.45) is 1.24. The smallest absolute Gasteiger partial charge is 0.343 e. The van der Waals surface area contributed by atoms with Crippen molar-refractivity contribution in [3.63, 3.8) is 0 Å². The van der Waals surface area contributed by atoms with Gasteiger partial charge in [0.15, 0.2) is 0 Å². The van der Waals surface area contributed by atoms with Crippen LogP contribution in [0.15, 0.2) is 105 Å². The van der Waals surface area contributed by atoms with Crippen molar-refractivity contribution in [2.45, 2.75) is 6.92 Å². The van der Waals surface area contributed by atoms with E-state index in [0.29, 0.717) is 21.3 Å². The molecule has 3 amide bonds. The van der Waals surface area contributed by atoms with E-state index < -0.39 is 23.7 Å².